The van der Waals surface area contributed by atoms with Crippen LogP contribution in [0.2, 0.25) is 0 Å². The monoisotopic (exact) mass is 1240 g/mol. The molecule has 9 fully saturated rings. The van der Waals surface area contributed by atoms with E-state index in [1.165, 1.54) is 123 Å². The third-order valence-electron chi connectivity index (χ3n) is 15.9. The molecule has 9 unspecified atom stereocenters. The predicted octanol–water partition coefficient (Wildman–Crippen LogP) is 7.76. The summed E-state index contributed by atoms with van der Waals surface area (Å²) < 4.78 is 43.1. The van der Waals surface area contributed by atoms with E-state index in [1.807, 2.05) is 27.7 Å². The lowest BCUT2D eigenvalue weighted by Crippen LogP contribution is -2.48. The highest BCUT2D eigenvalue weighted by Crippen LogP contribution is 2.27. The van der Waals surface area contributed by atoms with Crippen LogP contribution >= 0.6 is 0 Å². The van der Waals surface area contributed by atoms with Gasteiger partial charge < -0.3 is 91.1 Å². The third kappa shape index (κ3) is 45.7. The second-order valence-electron chi connectivity index (χ2n) is 27.6. The van der Waals surface area contributed by atoms with Crippen molar-refractivity contribution in [2.24, 2.45) is 0 Å². The molecule has 0 aromatic heterocycles. The molecule has 0 spiro atoms. The van der Waals surface area contributed by atoms with E-state index in [-0.39, 0.29) is 24.2 Å². The summed E-state index contributed by atoms with van der Waals surface area (Å²) >= 11 is 0. The number of hydrogen-bond acceptors (Lipinski definition) is 19. The topological polar surface area (TPSA) is 211 Å². The van der Waals surface area contributed by atoms with E-state index in [2.05, 4.69) is 141 Å². The van der Waals surface area contributed by atoms with Crippen LogP contribution in [-0.2, 0) is 42.7 Å². The maximum atomic E-state index is 11.1. The van der Waals surface area contributed by atoms with Crippen molar-refractivity contribution in [3.8, 4) is 0 Å². The first-order valence-electron chi connectivity index (χ1n) is 35.4. The van der Waals surface area contributed by atoms with Gasteiger partial charge in [0.1, 0.15) is 6.04 Å². The average Bonchev–Trinajstić information content (AvgIpc) is 4.54. The molecule has 0 aliphatic carbocycles. The number of methoxy groups -OCH3 is 1. The Labute approximate surface area is 534 Å². The second kappa shape index (κ2) is 51.2. The van der Waals surface area contributed by atoms with Crippen LogP contribution in [0.25, 0.3) is 0 Å². The molecule has 10 N–H and O–H groups in total. The molecule has 0 aromatic rings. The van der Waals surface area contributed by atoms with Crippen LogP contribution in [-0.4, -0.2) is 227 Å². The van der Waals surface area contributed by atoms with Crippen molar-refractivity contribution < 1.29 is 42.7 Å². The molecule has 0 amide bonds. The Hall–Kier alpha value is -1.21. The fourth-order valence-corrected chi connectivity index (χ4v) is 11.9. The van der Waals surface area contributed by atoms with Crippen molar-refractivity contribution in [1.29, 1.82) is 0 Å². The summed E-state index contributed by atoms with van der Waals surface area (Å²) in [4.78, 5) is 11.1. The van der Waals surface area contributed by atoms with E-state index in [0.717, 1.165) is 109 Å². The number of rotatable bonds is 21. The summed E-state index contributed by atoms with van der Waals surface area (Å²) in [5.41, 5.74) is 0. The smallest absolute Gasteiger partial charge is 0.322 e. The first-order chi connectivity index (χ1) is 41.6. The summed E-state index contributed by atoms with van der Waals surface area (Å²) in [6.45, 7) is 48.6. The van der Waals surface area contributed by atoms with E-state index >= 15 is 0 Å². The lowest BCUT2D eigenvalue weighted by molar-refractivity contribution is -0.143. The van der Waals surface area contributed by atoms with Crippen LogP contribution in [0.5, 0.6) is 0 Å². The molecule has 0 radical (unpaired) electrons. The Morgan fingerprint density at radius 2 is 0.966 bits per heavy atom. The minimum atomic E-state index is -0.199. The van der Waals surface area contributed by atoms with Gasteiger partial charge in [0.2, 0.25) is 0 Å². The Morgan fingerprint density at radius 3 is 1.45 bits per heavy atom. The third-order valence-corrected chi connectivity index (χ3v) is 15.9. The van der Waals surface area contributed by atoms with Gasteiger partial charge in [-0.2, -0.15) is 0 Å². The standard InChI is InChI=1S/C10H20N2.C10H21NO.C9H17NO3.C9H19NO.C8H17NO2.C8H17NO.C7H16N2.C7H15NO/c1-7(2)11-10-5-8-3-4-9(6-10)12-8;1-9(2)12-8-6-10-5-3-4-7-11-10;1-6(2)13-7-4-8(10-5-7)9(11)12-3;1-8(2)11-7-9-5-3-4-6-10-9;1-7(2)11-6-8-5-10-4-3-9-8;1-7(2)10-8-3-5-9-6-4-8;2*1-6(2)9-7-3-4-8-5-7/h7-12H,3-6H2,1-2H3;9-11H,3-8H2,1-2H3;6-8,10H,4-5H2,1-3H3;8-10H,3-7H2,1-2H3;7-9H,3-6H2,1-2H3;7-9H,3-6H2,1-2H3;6-9H,3-5H2,1-2H3;6-8H,3-5H2,1-2H3. The number of nitrogens with one attached hydrogen (secondary N) is 10. The van der Waals surface area contributed by atoms with Gasteiger partial charge in [-0.25, -0.2) is 0 Å². The van der Waals surface area contributed by atoms with Crippen molar-refractivity contribution in [2.45, 2.75) is 329 Å². The van der Waals surface area contributed by atoms with Gasteiger partial charge in [-0.15, -0.1) is 0 Å². The molecule has 2 bridgehead atoms. The number of carbonyl (C=O) groups is 1. The molecule has 19 heteroatoms. The van der Waals surface area contributed by atoms with Crippen LogP contribution < -0.4 is 53.2 Å². The number of piperidine rings is 4. The van der Waals surface area contributed by atoms with Gasteiger partial charge in [0.15, 0.2) is 0 Å². The lowest BCUT2D eigenvalue weighted by atomic mass is 9.99. The van der Waals surface area contributed by atoms with Gasteiger partial charge >= 0.3 is 5.97 Å². The van der Waals surface area contributed by atoms with Crippen LogP contribution in [0.1, 0.15) is 214 Å². The largest absolute Gasteiger partial charge is 0.468 e. The fourth-order valence-electron chi connectivity index (χ4n) is 11.9. The molecule has 9 aliphatic rings. The maximum Gasteiger partial charge on any atom is 0.322 e. The molecule has 518 valence electrons. The predicted molar refractivity (Wildman–Crippen MR) is 361 cm³/mol. The highest BCUT2D eigenvalue weighted by atomic mass is 16.5. The molecule has 0 aromatic carbocycles. The van der Waals surface area contributed by atoms with E-state index in [4.69, 9.17) is 33.2 Å². The van der Waals surface area contributed by atoms with Gasteiger partial charge in [-0.1, -0.05) is 40.5 Å². The Morgan fingerprint density at radius 1 is 0.460 bits per heavy atom. The number of fused-ring (bicyclic) bond motifs is 2. The molecule has 87 heavy (non-hydrogen) atoms. The lowest BCUT2D eigenvalue weighted by Gasteiger charge is -2.31. The highest BCUT2D eigenvalue weighted by Gasteiger charge is 2.34. The van der Waals surface area contributed by atoms with Crippen molar-refractivity contribution in [3.63, 3.8) is 0 Å². The SMILES string of the molecule is CC(C)NC1CC2CCC(C1)N2.CC(C)NC1CCNC1.CC(C)OC1CCNC1.CC(C)OC1CCNCC1.CC(C)OCC1CCCCN1.CC(C)OCC1COCCN1.CC(C)OCCC1CCCCN1.COC(=O)C1CC(OC(C)C)CN1. The van der Waals surface area contributed by atoms with E-state index < -0.39 is 0 Å². The molecule has 9 heterocycles. The normalized spacial score (nSPS) is 28.0. The summed E-state index contributed by atoms with van der Waals surface area (Å²) in [5, 5.41) is 34.0. The van der Waals surface area contributed by atoms with Crippen molar-refractivity contribution in [2.75, 3.05) is 106 Å². The van der Waals surface area contributed by atoms with E-state index in [9.17, 15) is 4.79 Å². The summed E-state index contributed by atoms with van der Waals surface area (Å²) in [6, 6.07) is 5.97. The summed E-state index contributed by atoms with van der Waals surface area (Å²) in [7, 11) is 1.40. The van der Waals surface area contributed by atoms with E-state index in [1.54, 1.807) is 0 Å². The zero-order valence-corrected chi connectivity index (χ0v) is 59.1. The minimum Gasteiger partial charge on any atom is -0.468 e. The highest BCUT2D eigenvalue weighted by molar-refractivity contribution is 5.76. The molecule has 9 rings (SSSR count). The first kappa shape index (κ1) is 81.9. The number of ether oxygens (including phenoxy) is 8. The van der Waals surface area contributed by atoms with Gasteiger partial charge in [-0.3, -0.25) is 4.79 Å². The first-order valence-corrected chi connectivity index (χ1v) is 35.4. The molecule has 19 nitrogen and oxygen atoms in total. The molecular weight excluding hydrogens is 1100 g/mol. The number of morpholine rings is 1. The van der Waals surface area contributed by atoms with Gasteiger partial charge in [-0.05, 0) is 206 Å². The van der Waals surface area contributed by atoms with Crippen LogP contribution in [0, 0.1) is 0 Å². The molecule has 0 saturated carbocycles. The van der Waals surface area contributed by atoms with Gasteiger partial charge in [0.05, 0.1) is 94.5 Å². The second-order valence-corrected chi connectivity index (χ2v) is 27.6. The minimum absolute atomic E-state index is 0.143. The van der Waals surface area contributed by atoms with Crippen LogP contribution in [0.15, 0.2) is 0 Å². The van der Waals surface area contributed by atoms with Crippen molar-refractivity contribution in [3.05, 3.63) is 0 Å². The van der Waals surface area contributed by atoms with Crippen LogP contribution in [0.4, 0.5) is 0 Å². The molecule has 9 aliphatic heterocycles. The van der Waals surface area contributed by atoms with Gasteiger partial charge in [0.25, 0.3) is 0 Å². The molecular formula is C68H142N10O9. The van der Waals surface area contributed by atoms with Crippen LogP contribution in [0.3, 0.4) is 0 Å². The number of hydrogen-bond donors (Lipinski definition) is 10. The zero-order valence-electron chi connectivity index (χ0n) is 59.1. The van der Waals surface area contributed by atoms with Crippen molar-refractivity contribution >= 4 is 5.97 Å². The molecule has 9 saturated heterocycles. The molecule has 9 atom stereocenters. The number of carbonyl (C=O) groups excluding carboxylic acids is 1. The Bertz CT molecular complexity index is 1490. The quantitative estimate of drug-likeness (QED) is 0.0498. The fraction of sp³-hybridized carbons (Fsp3) is 0.985. The van der Waals surface area contributed by atoms with E-state index in [0.29, 0.717) is 73.3 Å². The number of esters is 1. The van der Waals surface area contributed by atoms with Crippen molar-refractivity contribution in [1.82, 2.24) is 53.2 Å². The Balaban J connectivity index is 0.000000340. The maximum absolute atomic E-state index is 11.1. The zero-order chi connectivity index (χ0) is 64.2. The summed E-state index contributed by atoms with van der Waals surface area (Å²) in [5.74, 6) is -0.199. The Kier molecular flexibility index (Phi) is 48.2. The summed E-state index contributed by atoms with van der Waals surface area (Å²) in [6.07, 6.45) is 23.5. The van der Waals surface area contributed by atoms with Gasteiger partial charge in [0, 0.05) is 87.5 Å². The average molecular weight is 1240 g/mol.